The molecule has 1 saturated heterocycles. The van der Waals surface area contributed by atoms with Crippen LogP contribution < -0.4 is 0 Å². The first-order valence-electron chi connectivity index (χ1n) is 3.55. The van der Waals surface area contributed by atoms with Gasteiger partial charge in [0, 0.05) is 26.8 Å². The van der Waals surface area contributed by atoms with E-state index in [1.54, 1.807) is 12.0 Å². The fourth-order valence-electron chi connectivity index (χ4n) is 1.16. The van der Waals surface area contributed by atoms with E-state index in [-0.39, 0.29) is 0 Å². The minimum atomic E-state index is 0.685. The van der Waals surface area contributed by atoms with Crippen LogP contribution >= 0.6 is 0 Å². The average Bonchev–Trinajstić information content (AvgIpc) is 1.86. The van der Waals surface area contributed by atoms with E-state index in [4.69, 9.17) is 4.74 Å². The number of ether oxygens (including phenoxy) is 1. The Kier molecular flexibility index (Phi) is 2.68. The van der Waals surface area contributed by atoms with Crippen LogP contribution in [-0.4, -0.2) is 38.1 Å². The topological polar surface area (TPSA) is 29.5 Å². The molecule has 0 saturated carbocycles. The van der Waals surface area contributed by atoms with Gasteiger partial charge >= 0.3 is 0 Å². The zero-order valence-corrected chi connectivity index (χ0v) is 6.25. The van der Waals surface area contributed by atoms with Gasteiger partial charge in [0.1, 0.15) is 0 Å². The summed E-state index contributed by atoms with van der Waals surface area (Å²) in [6.45, 7) is 2.66. The molecule has 3 heteroatoms. The molecule has 58 valence electrons. The Balaban J connectivity index is 1.97. The van der Waals surface area contributed by atoms with Gasteiger partial charge < -0.3 is 9.64 Å². The lowest BCUT2D eigenvalue weighted by Crippen LogP contribution is -2.45. The van der Waals surface area contributed by atoms with Crippen molar-refractivity contribution in [2.75, 3.05) is 26.8 Å². The number of nitrogens with zero attached hydrogens (tertiary/aromatic N) is 1. The van der Waals surface area contributed by atoms with Gasteiger partial charge in [-0.3, -0.25) is 4.79 Å². The summed E-state index contributed by atoms with van der Waals surface area (Å²) in [5.41, 5.74) is 0. The van der Waals surface area contributed by atoms with Crippen molar-refractivity contribution in [3.63, 3.8) is 0 Å². The van der Waals surface area contributed by atoms with E-state index in [1.807, 2.05) is 0 Å². The molecule has 0 unspecified atom stereocenters. The number of hydrogen-bond acceptors (Lipinski definition) is 2. The molecule has 10 heavy (non-hydrogen) atoms. The molecule has 1 aliphatic rings. The van der Waals surface area contributed by atoms with Crippen LogP contribution in [0.1, 0.15) is 6.42 Å². The summed E-state index contributed by atoms with van der Waals surface area (Å²) in [4.78, 5) is 11.9. The second kappa shape index (κ2) is 3.56. The van der Waals surface area contributed by atoms with Gasteiger partial charge in [-0.05, 0) is 12.3 Å². The molecule has 0 aromatic carbocycles. The number of rotatable bonds is 4. The first-order valence-corrected chi connectivity index (χ1v) is 3.55. The Labute approximate surface area is 61.0 Å². The van der Waals surface area contributed by atoms with E-state index in [1.165, 1.54) is 0 Å². The molecule has 0 aromatic heterocycles. The first kappa shape index (κ1) is 7.54. The summed E-state index contributed by atoms with van der Waals surface area (Å²) >= 11 is 0. The molecule has 0 aliphatic carbocycles. The van der Waals surface area contributed by atoms with Crippen LogP contribution in [0.25, 0.3) is 0 Å². The standard InChI is InChI=1S/C7H13NO2/c1-10-3-2-7-4-8(5-7)6-9/h6-7H,2-5H2,1H3. The molecule has 0 bridgehead atoms. The third kappa shape index (κ3) is 1.70. The molecule has 0 atom stereocenters. The zero-order valence-electron chi connectivity index (χ0n) is 6.25. The molecule has 1 amide bonds. The second-order valence-electron chi connectivity index (χ2n) is 2.71. The van der Waals surface area contributed by atoms with Crippen molar-refractivity contribution in [3.05, 3.63) is 0 Å². The average molecular weight is 143 g/mol. The lowest BCUT2D eigenvalue weighted by Gasteiger charge is -2.36. The van der Waals surface area contributed by atoms with Crippen molar-refractivity contribution < 1.29 is 9.53 Å². The lowest BCUT2D eigenvalue weighted by atomic mass is 9.98. The molecule has 3 nitrogen and oxygen atoms in total. The highest BCUT2D eigenvalue weighted by Gasteiger charge is 2.24. The summed E-state index contributed by atoms with van der Waals surface area (Å²) in [6.07, 6.45) is 1.99. The van der Waals surface area contributed by atoms with Crippen molar-refractivity contribution in [1.29, 1.82) is 0 Å². The Morgan fingerprint density at radius 3 is 2.90 bits per heavy atom. The predicted octanol–water partition coefficient (Wildman–Crippen LogP) is 0.111. The zero-order chi connectivity index (χ0) is 7.40. The summed E-state index contributed by atoms with van der Waals surface area (Å²) < 4.78 is 4.91. The Hall–Kier alpha value is -0.570. The number of carbonyl (C=O) groups excluding carboxylic acids is 1. The minimum Gasteiger partial charge on any atom is -0.385 e. The molecular formula is C7H13NO2. The van der Waals surface area contributed by atoms with Crippen LogP contribution in [0, 0.1) is 5.92 Å². The van der Waals surface area contributed by atoms with Gasteiger partial charge in [-0.25, -0.2) is 0 Å². The van der Waals surface area contributed by atoms with Gasteiger partial charge in [-0.15, -0.1) is 0 Å². The smallest absolute Gasteiger partial charge is 0.209 e. The molecule has 0 radical (unpaired) electrons. The molecule has 1 heterocycles. The Morgan fingerprint density at radius 2 is 2.40 bits per heavy atom. The molecule has 1 fully saturated rings. The Morgan fingerprint density at radius 1 is 1.70 bits per heavy atom. The third-order valence-electron chi connectivity index (χ3n) is 1.86. The normalized spacial score (nSPS) is 18.7. The minimum absolute atomic E-state index is 0.685. The van der Waals surface area contributed by atoms with Gasteiger partial charge in [0.25, 0.3) is 0 Å². The summed E-state index contributed by atoms with van der Waals surface area (Å²) in [7, 11) is 1.70. The maximum atomic E-state index is 10.1. The van der Waals surface area contributed by atoms with E-state index in [9.17, 15) is 4.79 Å². The molecule has 0 N–H and O–H groups in total. The number of likely N-dealkylation sites (tertiary alicyclic amines) is 1. The quantitative estimate of drug-likeness (QED) is 0.523. The predicted molar refractivity (Wildman–Crippen MR) is 37.6 cm³/mol. The summed E-state index contributed by atoms with van der Waals surface area (Å²) in [5, 5.41) is 0. The number of hydrogen-bond donors (Lipinski definition) is 0. The number of amides is 1. The largest absolute Gasteiger partial charge is 0.385 e. The van der Waals surface area contributed by atoms with Crippen molar-refractivity contribution in [3.8, 4) is 0 Å². The SMILES string of the molecule is COCCC1CN(C=O)C1. The highest BCUT2D eigenvalue weighted by molar-refractivity contribution is 5.48. The number of methoxy groups -OCH3 is 1. The van der Waals surface area contributed by atoms with E-state index < -0.39 is 0 Å². The fraction of sp³-hybridized carbons (Fsp3) is 0.857. The maximum Gasteiger partial charge on any atom is 0.209 e. The van der Waals surface area contributed by atoms with Crippen LogP contribution in [0.15, 0.2) is 0 Å². The van der Waals surface area contributed by atoms with Crippen LogP contribution in [0.5, 0.6) is 0 Å². The number of carbonyl (C=O) groups is 1. The highest BCUT2D eigenvalue weighted by Crippen LogP contribution is 2.16. The molecule has 0 spiro atoms. The fourth-order valence-corrected chi connectivity index (χ4v) is 1.16. The van der Waals surface area contributed by atoms with E-state index in [0.29, 0.717) is 5.92 Å². The van der Waals surface area contributed by atoms with Crippen LogP contribution in [0.4, 0.5) is 0 Å². The van der Waals surface area contributed by atoms with Gasteiger partial charge in [0.15, 0.2) is 0 Å². The van der Waals surface area contributed by atoms with Crippen molar-refractivity contribution in [2.24, 2.45) is 5.92 Å². The van der Waals surface area contributed by atoms with Crippen LogP contribution in [0.3, 0.4) is 0 Å². The van der Waals surface area contributed by atoms with Crippen molar-refractivity contribution in [2.45, 2.75) is 6.42 Å². The second-order valence-corrected chi connectivity index (χ2v) is 2.71. The van der Waals surface area contributed by atoms with E-state index >= 15 is 0 Å². The first-order chi connectivity index (χ1) is 4.86. The van der Waals surface area contributed by atoms with Crippen molar-refractivity contribution in [1.82, 2.24) is 4.90 Å². The van der Waals surface area contributed by atoms with E-state index in [2.05, 4.69) is 0 Å². The van der Waals surface area contributed by atoms with Gasteiger partial charge in [-0.2, -0.15) is 0 Å². The highest BCUT2D eigenvalue weighted by atomic mass is 16.5. The van der Waals surface area contributed by atoms with Crippen LogP contribution in [0.2, 0.25) is 0 Å². The maximum absolute atomic E-state index is 10.1. The third-order valence-corrected chi connectivity index (χ3v) is 1.86. The monoisotopic (exact) mass is 143 g/mol. The lowest BCUT2D eigenvalue weighted by molar-refractivity contribution is -0.124. The Bertz CT molecular complexity index is 110. The molecule has 1 aliphatic heterocycles. The molecular weight excluding hydrogens is 130 g/mol. The van der Waals surface area contributed by atoms with Gasteiger partial charge in [0.2, 0.25) is 6.41 Å². The van der Waals surface area contributed by atoms with Crippen LogP contribution in [-0.2, 0) is 9.53 Å². The van der Waals surface area contributed by atoms with Crippen molar-refractivity contribution >= 4 is 6.41 Å². The molecule has 1 rings (SSSR count). The van der Waals surface area contributed by atoms with Gasteiger partial charge in [0.05, 0.1) is 0 Å². The molecule has 0 aromatic rings. The summed E-state index contributed by atoms with van der Waals surface area (Å²) in [6, 6.07) is 0. The summed E-state index contributed by atoms with van der Waals surface area (Å²) in [5.74, 6) is 0.685. The van der Waals surface area contributed by atoms with Gasteiger partial charge in [-0.1, -0.05) is 0 Å². The van der Waals surface area contributed by atoms with E-state index in [0.717, 1.165) is 32.5 Å².